The Morgan fingerprint density at radius 1 is 1.05 bits per heavy atom. The molecule has 0 bridgehead atoms. The summed E-state index contributed by atoms with van der Waals surface area (Å²) in [5, 5.41) is 5.14. The first-order chi connectivity index (χ1) is 19.5. The molecule has 1 aromatic heterocycles. The molecule has 1 aromatic carbocycles. The van der Waals surface area contributed by atoms with Crippen LogP contribution in [0.15, 0.2) is 21.7 Å². The van der Waals surface area contributed by atoms with Crippen LogP contribution < -0.4 is 21.9 Å². The van der Waals surface area contributed by atoms with Crippen molar-refractivity contribution in [2.45, 2.75) is 95.9 Å². The van der Waals surface area contributed by atoms with Crippen molar-refractivity contribution in [3.63, 3.8) is 0 Å². The number of aromatic nitrogens is 2. The molecule has 0 saturated heterocycles. The average molecular weight is 604 g/mol. The highest BCUT2D eigenvalue weighted by Crippen LogP contribution is 2.68. The highest BCUT2D eigenvalue weighted by Gasteiger charge is 2.66. The van der Waals surface area contributed by atoms with Crippen LogP contribution in [0, 0.1) is 5.82 Å². The average Bonchev–Trinajstić information content (AvgIpc) is 3.46. The van der Waals surface area contributed by atoms with E-state index in [0.717, 1.165) is 51.0 Å². The lowest BCUT2D eigenvalue weighted by molar-refractivity contribution is -0.123. The third-order valence-corrected chi connectivity index (χ3v) is 9.93. The quantitative estimate of drug-likeness (QED) is 0.301. The number of fused-ring (bicyclic) bond motifs is 1. The Balaban J connectivity index is 1.66. The van der Waals surface area contributed by atoms with Gasteiger partial charge in [-0.1, -0.05) is 32.1 Å². The van der Waals surface area contributed by atoms with E-state index in [1.54, 1.807) is 0 Å². The van der Waals surface area contributed by atoms with Gasteiger partial charge in [0.2, 0.25) is 5.91 Å². The van der Waals surface area contributed by atoms with Crippen molar-refractivity contribution in [3.05, 3.63) is 38.8 Å². The van der Waals surface area contributed by atoms with Gasteiger partial charge >= 0.3 is 19.3 Å². The fourth-order valence-electron chi connectivity index (χ4n) is 5.71. The van der Waals surface area contributed by atoms with Crippen molar-refractivity contribution in [2.75, 3.05) is 25.1 Å². The summed E-state index contributed by atoms with van der Waals surface area (Å²) in [6, 6.07) is 2.41. The molecule has 0 aliphatic heterocycles. The van der Waals surface area contributed by atoms with Crippen molar-refractivity contribution >= 4 is 30.4 Å². The third kappa shape index (κ3) is 6.79. The molecule has 0 spiro atoms. The number of nitrogens with one attached hydrogen (secondary N) is 2. The molecule has 2 aliphatic rings. The van der Waals surface area contributed by atoms with E-state index in [1.165, 1.54) is 24.5 Å². The summed E-state index contributed by atoms with van der Waals surface area (Å²) in [6.07, 6.45) is 8.09. The van der Waals surface area contributed by atoms with Crippen LogP contribution in [0.25, 0.3) is 10.9 Å². The monoisotopic (exact) mass is 603 g/mol. The van der Waals surface area contributed by atoms with E-state index in [-0.39, 0.29) is 41.9 Å². The number of hydrogen-bond donors (Lipinski definition) is 3. The molecule has 228 valence electrons. The highest BCUT2D eigenvalue weighted by molar-refractivity contribution is 7.61. The Kier molecular flexibility index (Phi) is 10.2. The van der Waals surface area contributed by atoms with E-state index in [9.17, 15) is 28.1 Å². The van der Waals surface area contributed by atoms with Gasteiger partial charge in [-0.05, 0) is 51.7 Å². The topological polar surface area (TPSA) is 124 Å². The Labute approximate surface area is 236 Å². The second-order valence-electron chi connectivity index (χ2n) is 10.6. The van der Waals surface area contributed by atoms with E-state index in [4.69, 9.17) is 9.05 Å². The molecule has 1 heterocycles. The summed E-state index contributed by atoms with van der Waals surface area (Å²) in [7, 11) is -4.64. The molecule has 0 atom stereocenters. The standard InChI is InChI=1S/C27H38F3N4O6P/c1-3-39-41(38,40-4-2)27(29,30)17-31-24(35)16-33-25(36)20-14-21(28)22(32-18-10-6-5-7-11-18)15-23(20)34(26(33)37)19-12-8-9-13-19/h14-15,18-19,38H,3-13,16-17H2,1-2H3,(H-,31,32,35,36)/p+1. The molecule has 1 amide bonds. The lowest BCUT2D eigenvalue weighted by Crippen LogP contribution is -2.46. The summed E-state index contributed by atoms with van der Waals surface area (Å²) in [6.45, 7) is 0.154. The molecule has 2 fully saturated rings. The van der Waals surface area contributed by atoms with Gasteiger partial charge in [0, 0.05) is 12.1 Å². The maximum Gasteiger partial charge on any atom is 0.486 e. The Hall–Kier alpha value is -2.47. The fraction of sp³-hybridized carbons (Fsp3) is 0.667. The third-order valence-electron chi connectivity index (χ3n) is 7.73. The molecule has 41 heavy (non-hydrogen) atoms. The predicted octanol–water partition coefficient (Wildman–Crippen LogP) is 4.70. The molecular weight excluding hydrogens is 564 g/mol. The molecular formula is C27H39F3N4O6P+. The number of nitrogens with zero attached hydrogens (tertiary/aromatic N) is 2. The van der Waals surface area contributed by atoms with E-state index >= 15 is 4.39 Å². The second kappa shape index (κ2) is 13.2. The lowest BCUT2D eigenvalue weighted by Gasteiger charge is -2.25. The van der Waals surface area contributed by atoms with E-state index in [0.29, 0.717) is 17.4 Å². The summed E-state index contributed by atoms with van der Waals surface area (Å²) in [5.41, 5.74) is -5.11. The van der Waals surface area contributed by atoms with Crippen LogP contribution in [0.1, 0.15) is 77.7 Å². The van der Waals surface area contributed by atoms with Gasteiger partial charge in [0.05, 0.1) is 29.8 Å². The number of hydrogen-bond acceptors (Lipinski definition) is 7. The van der Waals surface area contributed by atoms with Crippen molar-refractivity contribution in [1.29, 1.82) is 0 Å². The first-order valence-corrected chi connectivity index (χ1v) is 15.9. The van der Waals surface area contributed by atoms with Crippen LogP contribution in [-0.4, -0.2) is 51.4 Å². The Morgan fingerprint density at radius 3 is 2.27 bits per heavy atom. The second-order valence-corrected chi connectivity index (χ2v) is 12.8. The minimum atomic E-state index is -4.64. The minimum Gasteiger partial charge on any atom is -0.380 e. The van der Waals surface area contributed by atoms with E-state index < -0.39 is 49.7 Å². The van der Waals surface area contributed by atoms with Crippen molar-refractivity contribution in [1.82, 2.24) is 14.5 Å². The Morgan fingerprint density at radius 2 is 1.66 bits per heavy atom. The van der Waals surface area contributed by atoms with Crippen LogP contribution in [-0.2, 0) is 20.4 Å². The van der Waals surface area contributed by atoms with Gasteiger partial charge in [-0.15, -0.1) is 0 Å². The first-order valence-electron chi connectivity index (χ1n) is 14.3. The van der Waals surface area contributed by atoms with Crippen LogP contribution in [0.5, 0.6) is 0 Å². The maximum atomic E-state index is 15.2. The van der Waals surface area contributed by atoms with Gasteiger partial charge in [0.1, 0.15) is 18.9 Å². The van der Waals surface area contributed by atoms with Gasteiger partial charge in [-0.3, -0.25) is 18.7 Å². The summed E-state index contributed by atoms with van der Waals surface area (Å²) in [5.74, 6) is -1.71. The molecule has 4 rings (SSSR count). The van der Waals surface area contributed by atoms with Gasteiger partial charge in [0.25, 0.3) is 5.56 Å². The van der Waals surface area contributed by atoms with Crippen molar-refractivity contribution < 1.29 is 31.9 Å². The zero-order valence-corrected chi connectivity index (χ0v) is 24.4. The number of anilines is 1. The summed E-state index contributed by atoms with van der Waals surface area (Å²) < 4.78 is 56.5. The molecule has 0 unspecified atom stereocenters. The molecule has 0 radical (unpaired) electrons. The Bertz CT molecular complexity index is 1350. The largest absolute Gasteiger partial charge is 0.486 e. The van der Waals surface area contributed by atoms with Gasteiger partial charge in [-0.25, -0.2) is 9.18 Å². The number of alkyl halides is 2. The highest BCUT2D eigenvalue weighted by atomic mass is 31.2. The SMILES string of the molecule is CCO[P+](O)(OCC)C(F)(F)CNC(=O)Cn1c(=O)c2cc(F)c(NC3CCCCC3)cc2n(C2CCCC2)c1=O. The van der Waals surface area contributed by atoms with Crippen LogP contribution in [0.4, 0.5) is 18.9 Å². The zero-order chi connectivity index (χ0) is 29.8. The first kappa shape index (κ1) is 31.5. The minimum absolute atomic E-state index is 0.0747. The molecule has 2 aliphatic carbocycles. The number of halogens is 3. The van der Waals surface area contributed by atoms with Crippen LogP contribution in [0.2, 0.25) is 0 Å². The molecule has 2 saturated carbocycles. The predicted molar refractivity (Wildman–Crippen MR) is 151 cm³/mol. The van der Waals surface area contributed by atoms with Crippen LogP contribution in [0.3, 0.4) is 0 Å². The summed E-state index contributed by atoms with van der Waals surface area (Å²) >= 11 is 0. The van der Waals surface area contributed by atoms with E-state index in [2.05, 4.69) is 5.32 Å². The molecule has 14 heteroatoms. The maximum absolute atomic E-state index is 15.2. The van der Waals surface area contributed by atoms with Crippen molar-refractivity contribution in [2.24, 2.45) is 0 Å². The number of amides is 1. The molecule has 10 nitrogen and oxygen atoms in total. The normalized spacial score (nSPS) is 17.3. The number of carbonyl (C=O) groups is 1. The molecule has 2 aromatic rings. The number of carbonyl (C=O) groups excluding carboxylic acids is 1. The van der Waals surface area contributed by atoms with E-state index in [1.807, 2.05) is 5.32 Å². The lowest BCUT2D eigenvalue weighted by atomic mass is 9.95. The van der Waals surface area contributed by atoms with Crippen molar-refractivity contribution in [3.8, 4) is 0 Å². The number of benzene rings is 1. The smallest absolute Gasteiger partial charge is 0.380 e. The zero-order valence-electron chi connectivity index (χ0n) is 23.5. The van der Waals surface area contributed by atoms with Gasteiger partial charge in [0.15, 0.2) is 0 Å². The fourth-order valence-corrected chi connectivity index (χ4v) is 7.14. The molecule has 3 N–H and O–H groups in total. The van der Waals surface area contributed by atoms with Gasteiger partial charge < -0.3 is 10.6 Å². The number of rotatable bonds is 12. The van der Waals surface area contributed by atoms with Crippen LogP contribution >= 0.6 is 7.94 Å². The summed E-state index contributed by atoms with van der Waals surface area (Å²) in [4.78, 5) is 50.1. The van der Waals surface area contributed by atoms with Gasteiger partial charge in [-0.2, -0.15) is 22.7 Å².